The molecule has 0 aliphatic rings. The molecule has 1 N–H and O–H groups in total. The van der Waals surface area contributed by atoms with Gasteiger partial charge in [0.2, 0.25) is 0 Å². The van der Waals surface area contributed by atoms with Crippen LogP contribution >= 0.6 is 23.2 Å². The van der Waals surface area contributed by atoms with Crippen LogP contribution < -0.4 is 10.1 Å². The molecule has 2 rings (SSSR count). The van der Waals surface area contributed by atoms with Crippen LogP contribution in [0.1, 0.15) is 23.2 Å². The summed E-state index contributed by atoms with van der Waals surface area (Å²) in [5.41, 5.74) is 0.269. The predicted octanol–water partition coefficient (Wildman–Crippen LogP) is 4.72. The Balaban J connectivity index is 1.65. The van der Waals surface area contributed by atoms with Crippen LogP contribution in [0, 0.1) is 5.82 Å². The average Bonchev–Trinajstić information content (AvgIpc) is 2.52. The fourth-order valence-corrected chi connectivity index (χ4v) is 2.30. The summed E-state index contributed by atoms with van der Waals surface area (Å²) in [6.45, 7) is 1.05. The SMILES string of the molecule is O=C(NCCCCOc1ccc(Cl)cc1)c1ccc(F)cc1Cl. The number of ether oxygens (including phenoxy) is 1. The lowest BCUT2D eigenvalue weighted by Gasteiger charge is -2.08. The maximum atomic E-state index is 12.9. The highest BCUT2D eigenvalue weighted by molar-refractivity contribution is 6.33. The largest absolute Gasteiger partial charge is 0.494 e. The van der Waals surface area contributed by atoms with Crippen molar-refractivity contribution in [3.05, 3.63) is 63.9 Å². The molecule has 0 saturated carbocycles. The summed E-state index contributed by atoms with van der Waals surface area (Å²) in [5.74, 6) is -0.0175. The molecule has 0 atom stereocenters. The first-order valence-electron chi connectivity index (χ1n) is 7.18. The van der Waals surface area contributed by atoms with E-state index in [1.807, 2.05) is 0 Å². The van der Waals surface area contributed by atoms with Crippen molar-refractivity contribution in [1.29, 1.82) is 0 Å². The van der Waals surface area contributed by atoms with Crippen molar-refractivity contribution in [1.82, 2.24) is 5.32 Å². The molecule has 0 heterocycles. The van der Waals surface area contributed by atoms with Crippen LogP contribution in [0.4, 0.5) is 4.39 Å². The second-order valence-electron chi connectivity index (χ2n) is 4.89. The molecule has 6 heteroatoms. The second kappa shape index (κ2) is 8.75. The van der Waals surface area contributed by atoms with Crippen LogP contribution in [0.25, 0.3) is 0 Å². The Hall–Kier alpha value is -1.78. The summed E-state index contributed by atoms with van der Waals surface area (Å²) in [7, 11) is 0. The van der Waals surface area contributed by atoms with Crippen molar-refractivity contribution in [2.75, 3.05) is 13.2 Å². The van der Waals surface area contributed by atoms with Gasteiger partial charge in [-0.2, -0.15) is 0 Å². The van der Waals surface area contributed by atoms with E-state index in [1.165, 1.54) is 12.1 Å². The van der Waals surface area contributed by atoms with Crippen LogP contribution in [0.2, 0.25) is 10.0 Å². The molecule has 0 aromatic heterocycles. The molecule has 2 aromatic rings. The molecular formula is C17H16Cl2FNO2. The fourth-order valence-electron chi connectivity index (χ4n) is 1.92. The minimum atomic E-state index is -0.467. The monoisotopic (exact) mass is 355 g/mol. The van der Waals surface area contributed by atoms with Gasteiger partial charge in [0.05, 0.1) is 17.2 Å². The van der Waals surface area contributed by atoms with Gasteiger partial charge in [-0.1, -0.05) is 23.2 Å². The number of rotatable bonds is 7. The molecule has 3 nitrogen and oxygen atoms in total. The Morgan fingerprint density at radius 1 is 1.09 bits per heavy atom. The van der Waals surface area contributed by atoms with E-state index < -0.39 is 5.82 Å². The lowest BCUT2D eigenvalue weighted by Crippen LogP contribution is -2.25. The zero-order chi connectivity index (χ0) is 16.7. The minimum Gasteiger partial charge on any atom is -0.494 e. The average molecular weight is 356 g/mol. The Kier molecular flexibility index (Phi) is 6.68. The topological polar surface area (TPSA) is 38.3 Å². The van der Waals surface area contributed by atoms with Gasteiger partial charge in [0, 0.05) is 11.6 Å². The smallest absolute Gasteiger partial charge is 0.252 e. The first-order chi connectivity index (χ1) is 11.1. The molecule has 23 heavy (non-hydrogen) atoms. The maximum Gasteiger partial charge on any atom is 0.252 e. The molecule has 1 amide bonds. The van der Waals surface area contributed by atoms with Crippen LogP contribution in [-0.2, 0) is 0 Å². The standard InChI is InChI=1S/C17H16Cl2FNO2/c18-12-3-6-14(7-4-12)23-10-2-1-9-21-17(22)15-8-5-13(20)11-16(15)19/h3-8,11H,1-2,9-10H2,(H,21,22). The lowest BCUT2D eigenvalue weighted by molar-refractivity contribution is 0.0952. The molecule has 2 aromatic carbocycles. The quantitative estimate of drug-likeness (QED) is 0.729. The highest BCUT2D eigenvalue weighted by atomic mass is 35.5. The van der Waals surface area contributed by atoms with Gasteiger partial charge in [0.15, 0.2) is 0 Å². The van der Waals surface area contributed by atoms with Crippen molar-refractivity contribution >= 4 is 29.1 Å². The number of hydrogen-bond donors (Lipinski definition) is 1. The summed E-state index contributed by atoms with van der Waals surface area (Å²) in [4.78, 5) is 11.9. The maximum absolute atomic E-state index is 12.9. The Labute approximate surface area is 144 Å². The van der Waals surface area contributed by atoms with Crippen LogP contribution in [-0.4, -0.2) is 19.1 Å². The summed E-state index contributed by atoms with van der Waals surface area (Å²) >= 11 is 11.6. The molecule has 0 unspecified atom stereocenters. The van der Waals surface area contributed by atoms with Crippen molar-refractivity contribution in [3.8, 4) is 5.75 Å². The molecule has 0 spiro atoms. The summed E-state index contributed by atoms with van der Waals surface area (Å²) < 4.78 is 18.5. The van der Waals surface area contributed by atoms with Gasteiger partial charge in [-0.25, -0.2) is 4.39 Å². The molecule has 0 fully saturated rings. The van der Waals surface area contributed by atoms with Gasteiger partial charge in [-0.15, -0.1) is 0 Å². The van der Waals surface area contributed by atoms with E-state index in [9.17, 15) is 9.18 Å². The summed E-state index contributed by atoms with van der Waals surface area (Å²) in [5, 5.41) is 3.52. The third kappa shape index (κ3) is 5.73. The first kappa shape index (κ1) is 17.6. The third-order valence-corrected chi connectivity index (χ3v) is 3.68. The number of unbranched alkanes of at least 4 members (excludes halogenated alkanes) is 1. The number of benzene rings is 2. The molecule has 0 aliphatic heterocycles. The zero-order valence-electron chi connectivity index (χ0n) is 12.3. The van der Waals surface area contributed by atoms with Crippen molar-refractivity contribution in [2.24, 2.45) is 0 Å². The van der Waals surface area contributed by atoms with E-state index in [0.717, 1.165) is 24.7 Å². The normalized spacial score (nSPS) is 10.4. The highest BCUT2D eigenvalue weighted by Gasteiger charge is 2.10. The van der Waals surface area contributed by atoms with Crippen molar-refractivity contribution in [3.63, 3.8) is 0 Å². The third-order valence-electron chi connectivity index (χ3n) is 3.11. The van der Waals surface area contributed by atoms with Crippen molar-refractivity contribution in [2.45, 2.75) is 12.8 Å². The summed E-state index contributed by atoms with van der Waals surface area (Å²) in [6, 6.07) is 10.8. The van der Waals surface area contributed by atoms with Gasteiger partial charge in [0.1, 0.15) is 11.6 Å². The molecule has 0 aliphatic carbocycles. The van der Waals surface area contributed by atoms with E-state index in [2.05, 4.69) is 5.32 Å². The molecule has 0 saturated heterocycles. The van der Waals surface area contributed by atoms with Gasteiger partial charge in [-0.3, -0.25) is 4.79 Å². The van der Waals surface area contributed by atoms with Gasteiger partial charge < -0.3 is 10.1 Å². The number of halogens is 3. The van der Waals surface area contributed by atoms with E-state index >= 15 is 0 Å². The molecule has 0 bridgehead atoms. The van der Waals surface area contributed by atoms with Crippen LogP contribution in [0.3, 0.4) is 0 Å². The highest BCUT2D eigenvalue weighted by Crippen LogP contribution is 2.17. The Morgan fingerprint density at radius 2 is 1.83 bits per heavy atom. The van der Waals surface area contributed by atoms with E-state index in [1.54, 1.807) is 24.3 Å². The number of amides is 1. The minimum absolute atomic E-state index is 0.105. The van der Waals surface area contributed by atoms with E-state index in [0.29, 0.717) is 18.2 Å². The number of carbonyl (C=O) groups is 1. The van der Waals surface area contributed by atoms with Gasteiger partial charge in [0.25, 0.3) is 5.91 Å². The summed E-state index contributed by atoms with van der Waals surface area (Å²) in [6.07, 6.45) is 1.55. The van der Waals surface area contributed by atoms with E-state index in [-0.39, 0.29) is 16.5 Å². The Morgan fingerprint density at radius 3 is 2.52 bits per heavy atom. The number of nitrogens with one attached hydrogen (secondary N) is 1. The van der Waals surface area contributed by atoms with Crippen LogP contribution in [0.5, 0.6) is 5.75 Å². The lowest BCUT2D eigenvalue weighted by atomic mass is 10.2. The van der Waals surface area contributed by atoms with E-state index in [4.69, 9.17) is 27.9 Å². The first-order valence-corrected chi connectivity index (χ1v) is 7.93. The molecule has 0 radical (unpaired) electrons. The predicted molar refractivity (Wildman–Crippen MR) is 89.9 cm³/mol. The fraction of sp³-hybridized carbons (Fsp3) is 0.235. The molecular weight excluding hydrogens is 340 g/mol. The zero-order valence-corrected chi connectivity index (χ0v) is 13.8. The Bertz CT molecular complexity index is 662. The van der Waals surface area contributed by atoms with Crippen molar-refractivity contribution < 1.29 is 13.9 Å². The number of hydrogen-bond acceptors (Lipinski definition) is 2. The molecule has 122 valence electrons. The number of carbonyl (C=O) groups excluding carboxylic acids is 1. The van der Waals surface area contributed by atoms with Gasteiger partial charge >= 0.3 is 0 Å². The van der Waals surface area contributed by atoms with Crippen LogP contribution in [0.15, 0.2) is 42.5 Å². The van der Waals surface area contributed by atoms with Gasteiger partial charge in [-0.05, 0) is 55.3 Å². The second-order valence-corrected chi connectivity index (χ2v) is 5.73.